The Morgan fingerprint density at radius 3 is 2.85 bits per heavy atom. The minimum atomic E-state index is -1.11. The van der Waals surface area contributed by atoms with Gasteiger partial charge in [-0.3, -0.25) is 0 Å². The van der Waals surface area contributed by atoms with Crippen molar-refractivity contribution in [2.45, 2.75) is 59.2 Å². The fourth-order valence-corrected chi connectivity index (χ4v) is 4.38. The van der Waals surface area contributed by atoms with Crippen molar-refractivity contribution in [3.63, 3.8) is 0 Å². The molecule has 3 unspecified atom stereocenters. The first-order valence-electron chi connectivity index (χ1n) is 11.5. The maximum absolute atomic E-state index is 13.2. The van der Waals surface area contributed by atoms with Gasteiger partial charge in [-0.2, -0.15) is 5.10 Å². The zero-order chi connectivity index (χ0) is 23.6. The summed E-state index contributed by atoms with van der Waals surface area (Å²) < 4.78 is 20.8. The highest BCUT2D eigenvalue weighted by Crippen LogP contribution is 2.39. The van der Waals surface area contributed by atoms with Crippen LogP contribution in [-0.2, 0) is 4.74 Å². The van der Waals surface area contributed by atoms with Crippen molar-refractivity contribution in [2.24, 2.45) is 21.3 Å². The fraction of sp³-hybridized carbons (Fsp3) is 0.520. The van der Waals surface area contributed by atoms with Gasteiger partial charge < -0.3 is 10.1 Å². The third-order valence-electron chi connectivity index (χ3n) is 6.51. The molecule has 0 amide bonds. The van der Waals surface area contributed by atoms with Crippen molar-refractivity contribution in [3.05, 3.63) is 48.1 Å². The van der Waals surface area contributed by atoms with E-state index in [4.69, 9.17) is 9.72 Å². The molecule has 1 fully saturated rings. The van der Waals surface area contributed by atoms with E-state index in [1.54, 1.807) is 0 Å². The second kappa shape index (κ2) is 9.45. The van der Waals surface area contributed by atoms with Crippen molar-refractivity contribution < 1.29 is 9.13 Å². The Morgan fingerprint density at radius 2 is 2.15 bits per heavy atom. The van der Waals surface area contributed by atoms with Crippen LogP contribution >= 0.6 is 0 Å². The SMILES string of the molecule is C=C(NC1CC(COC2=NCC(F)C=N2)CCC1(C)C)c1nc(C)ccc1-n1cc(C)cn1. The van der Waals surface area contributed by atoms with E-state index in [2.05, 4.69) is 40.8 Å². The summed E-state index contributed by atoms with van der Waals surface area (Å²) in [5, 5.41) is 8.15. The molecule has 1 saturated carbocycles. The molecule has 1 aliphatic heterocycles. The van der Waals surface area contributed by atoms with Crippen LogP contribution in [0.3, 0.4) is 0 Å². The minimum Gasteiger partial charge on any atom is -0.463 e. The van der Waals surface area contributed by atoms with Gasteiger partial charge in [0, 0.05) is 24.1 Å². The van der Waals surface area contributed by atoms with Crippen LogP contribution in [0, 0.1) is 25.2 Å². The topological polar surface area (TPSA) is 76.7 Å². The number of alkyl halides is 1. The van der Waals surface area contributed by atoms with Crippen LogP contribution in [0.1, 0.15) is 50.1 Å². The van der Waals surface area contributed by atoms with Gasteiger partial charge in [-0.25, -0.2) is 24.0 Å². The molecule has 4 rings (SSSR count). The normalized spacial score (nSPS) is 24.3. The Bertz CT molecular complexity index is 1070. The number of hydrogen-bond donors (Lipinski definition) is 1. The molecule has 0 bridgehead atoms. The smallest absolute Gasteiger partial charge is 0.311 e. The number of hydrogen-bond acceptors (Lipinski definition) is 6. The van der Waals surface area contributed by atoms with E-state index in [0.29, 0.717) is 12.5 Å². The number of aryl methyl sites for hydroxylation is 2. The summed E-state index contributed by atoms with van der Waals surface area (Å²) in [6.07, 6.45) is 7.01. The molecule has 2 aromatic rings. The second-order valence-corrected chi connectivity index (χ2v) is 9.82. The molecule has 0 saturated heterocycles. The van der Waals surface area contributed by atoms with Gasteiger partial charge in [0.15, 0.2) is 6.17 Å². The van der Waals surface area contributed by atoms with Crippen molar-refractivity contribution in [3.8, 4) is 5.69 Å². The highest BCUT2D eigenvalue weighted by atomic mass is 19.1. The first kappa shape index (κ1) is 23.1. The van der Waals surface area contributed by atoms with E-state index in [-0.39, 0.29) is 24.0 Å². The summed E-state index contributed by atoms with van der Waals surface area (Å²) in [5.74, 6) is 0.350. The quantitative estimate of drug-likeness (QED) is 0.703. The standard InChI is InChI=1S/C25H33FN6O/c1-16-11-29-32(14-16)21-7-6-17(2)30-23(21)18(3)31-22-10-19(8-9-25(22,4)5)15-33-24-27-12-20(26)13-28-24/h6-7,11-12,14,19-20,22,31H,3,8-10,13,15H2,1-2,4-5H3. The Balaban J connectivity index is 1.46. The summed E-state index contributed by atoms with van der Waals surface area (Å²) in [6.45, 7) is 13.5. The lowest BCUT2D eigenvalue weighted by molar-refractivity contribution is 0.103. The molecule has 8 heteroatoms. The fourth-order valence-electron chi connectivity index (χ4n) is 4.38. The first-order valence-corrected chi connectivity index (χ1v) is 11.5. The lowest BCUT2D eigenvalue weighted by Gasteiger charge is -2.43. The minimum absolute atomic E-state index is 0.0855. The predicted octanol–water partition coefficient (Wildman–Crippen LogP) is 4.43. The van der Waals surface area contributed by atoms with Gasteiger partial charge in [0.25, 0.3) is 0 Å². The largest absolute Gasteiger partial charge is 0.463 e. The average molecular weight is 453 g/mol. The lowest BCUT2D eigenvalue weighted by Crippen LogP contribution is -2.46. The molecule has 176 valence electrons. The van der Waals surface area contributed by atoms with Crippen LogP contribution in [0.2, 0.25) is 0 Å². The summed E-state index contributed by atoms with van der Waals surface area (Å²) in [6, 6.07) is 4.51. The number of nitrogens with one attached hydrogen (secondary N) is 1. The van der Waals surface area contributed by atoms with Gasteiger partial charge in [-0.05, 0) is 62.1 Å². The number of aromatic nitrogens is 3. The van der Waals surface area contributed by atoms with E-state index in [9.17, 15) is 4.39 Å². The molecule has 3 atom stereocenters. The van der Waals surface area contributed by atoms with Gasteiger partial charge in [-0.15, -0.1) is 0 Å². The number of halogens is 1. The molecule has 7 nitrogen and oxygen atoms in total. The maximum atomic E-state index is 13.2. The van der Waals surface area contributed by atoms with Gasteiger partial charge in [0.05, 0.1) is 30.7 Å². The predicted molar refractivity (Wildman–Crippen MR) is 130 cm³/mol. The Labute approximate surface area is 194 Å². The monoisotopic (exact) mass is 452 g/mol. The van der Waals surface area contributed by atoms with Gasteiger partial charge in [0.2, 0.25) is 0 Å². The van der Waals surface area contributed by atoms with Gasteiger partial charge >= 0.3 is 6.02 Å². The van der Waals surface area contributed by atoms with Gasteiger partial charge in [-0.1, -0.05) is 20.4 Å². The van der Waals surface area contributed by atoms with Crippen molar-refractivity contribution in [1.29, 1.82) is 0 Å². The molecule has 3 heterocycles. The number of ether oxygens (including phenoxy) is 1. The van der Waals surface area contributed by atoms with E-state index < -0.39 is 6.17 Å². The van der Waals surface area contributed by atoms with E-state index in [0.717, 1.165) is 47.6 Å². The average Bonchev–Trinajstić information content (AvgIpc) is 3.21. The number of rotatable bonds is 6. The summed E-state index contributed by atoms with van der Waals surface area (Å²) in [7, 11) is 0. The molecule has 0 aromatic carbocycles. The highest BCUT2D eigenvalue weighted by Gasteiger charge is 2.37. The van der Waals surface area contributed by atoms with Crippen LogP contribution in [0.25, 0.3) is 11.4 Å². The zero-order valence-electron chi connectivity index (χ0n) is 19.9. The van der Waals surface area contributed by atoms with Crippen LogP contribution in [0.15, 0.2) is 41.1 Å². The Kier molecular flexibility index (Phi) is 6.63. The summed E-state index contributed by atoms with van der Waals surface area (Å²) in [5.41, 5.74) is 4.60. The molecule has 2 aromatic heterocycles. The van der Waals surface area contributed by atoms with Crippen LogP contribution in [-0.4, -0.2) is 52.4 Å². The number of amidine groups is 1. The third kappa shape index (κ3) is 5.49. The Morgan fingerprint density at radius 1 is 1.33 bits per heavy atom. The van der Waals surface area contributed by atoms with Crippen molar-refractivity contribution >= 4 is 17.9 Å². The number of pyridine rings is 1. The summed E-state index contributed by atoms with van der Waals surface area (Å²) in [4.78, 5) is 12.8. The molecular formula is C25H33FN6O. The Hall–Kier alpha value is -3.03. The molecule has 1 aliphatic carbocycles. The van der Waals surface area contributed by atoms with E-state index >= 15 is 0 Å². The summed E-state index contributed by atoms with van der Waals surface area (Å²) >= 11 is 0. The number of nitrogens with zero attached hydrogens (tertiary/aromatic N) is 5. The second-order valence-electron chi connectivity index (χ2n) is 9.82. The van der Waals surface area contributed by atoms with E-state index in [1.807, 2.05) is 43.1 Å². The third-order valence-corrected chi connectivity index (χ3v) is 6.51. The van der Waals surface area contributed by atoms with Crippen LogP contribution in [0.5, 0.6) is 0 Å². The molecule has 33 heavy (non-hydrogen) atoms. The zero-order valence-corrected chi connectivity index (χ0v) is 19.9. The number of aliphatic imine (C=N–C) groups is 2. The lowest BCUT2D eigenvalue weighted by atomic mass is 9.69. The molecule has 0 spiro atoms. The van der Waals surface area contributed by atoms with Crippen LogP contribution in [0.4, 0.5) is 4.39 Å². The van der Waals surface area contributed by atoms with Crippen LogP contribution < -0.4 is 5.32 Å². The highest BCUT2D eigenvalue weighted by molar-refractivity contribution is 5.86. The van der Waals surface area contributed by atoms with Gasteiger partial charge in [0.1, 0.15) is 5.69 Å². The van der Waals surface area contributed by atoms with E-state index in [1.165, 1.54) is 6.21 Å². The molecule has 2 aliphatic rings. The maximum Gasteiger partial charge on any atom is 0.311 e. The molecular weight excluding hydrogens is 419 g/mol. The first-order chi connectivity index (χ1) is 15.7. The molecule has 0 radical (unpaired) electrons. The molecule has 1 N–H and O–H groups in total. The van der Waals surface area contributed by atoms with Crippen molar-refractivity contribution in [1.82, 2.24) is 20.1 Å². The van der Waals surface area contributed by atoms with Crippen molar-refractivity contribution in [2.75, 3.05) is 13.2 Å².